The van der Waals surface area contributed by atoms with Crippen LogP contribution in [-0.4, -0.2) is 3.21 Å². The second-order valence-electron chi connectivity index (χ2n) is 14.8. The molecule has 2 aliphatic rings. The molecule has 0 unspecified atom stereocenters. The summed E-state index contributed by atoms with van der Waals surface area (Å²) in [6.45, 7) is 13.0. The van der Waals surface area contributed by atoms with Gasteiger partial charge >= 0.3 is 288 Å². The van der Waals surface area contributed by atoms with Gasteiger partial charge in [0.15, 0.2) is 0 Å². The Bertz CT molecular complexity index is 1870. The maximum atomic E-state index is 14.2. The first-order valence-electron chi connectivity index (χ1n) is 16.1. The summed E-state index contributed by atoms with van der Waals surface area (Å²) in [4.78, 5) is 0. The van der Waals surface area contributed by atoms with E-state index in [1.807, 2.05) is 12.2 Å². The summed E-state index contributed by atoms with van der Waals surface area (Å²) in [6.07, 6.45) is -2.53. The van der Waals surface area contributed by atoms with Crippen molar-refractivity contribution in [1.82, 2.24) is 0 Å². The number of hydrogen-bond acceptors (Lipinski definition) is 0. The SMILES string of the molecule is CC(C)(C)c1ccc2c(c1)-c1cc(C(C)(C)C)ccc1[CH]2[Zr]([C]1=CC=CC1)=[C](c1cccc(C(F)(F)F)c1)c1cccc(C(F)(F)F)c1. The summed E-state index contributed by atoms with van der Waals surface area (Å²) >= 11 is -3.54. The molecule has 4 aromatic carbocycles. The molecule has 0 N–H and O–H groups in total. The van der Waals surface area contributed by atoms with Gasteiger partial charge in [-0.25, -0.2) is 0 Å². The molecule has 0 spiro atoms. The van der Waals surface area contributed by atoms with Crippen molar-refractivity contribution in [3.8, 4) is 11.1 Å². The van der Waals surface area contributed by atoms with Crippen LogP contribution in [0.1, 0.15) is 96.1 Å². The fourth-order valence-corrected chi connectivity index (χ4v) is 15.8. The van der Waals surface area contributed by atoms with Crippen LogP contribution in [0, 0.1) is 0 Å². The Balaban J connectivity index is 1.75. The van der Waals surface area contributed by atoms with Crippen LogP contribution in [0.15, 0.2) is 106 Å². The molecule has 0 radical (unpaired) electrons. The molecule has 0 nitrogen and oxygen atoms in total. The van der Waals surface area contributed by atoms with Gasteiger partial charge in [0.1, 0.15) is 0 Å². The topological polar surface area (TPSA) is 0 Å². The second kappa shape index (κ2) is 12.2. The van der Waals surface area contributed by atoms with E-state index >= 15 is 0 Å². The summed E-state index contributed by atoms with van der Waals surface area (Å²) in [6, 6.07) is 23.4. The molecule has 0 aliphatic heterocycles. The molecule has 7 heteroatoms. The summed E-state index contributed by atoms with van der Waals surface area (Å²) in [5.74, 6) is 0. The van der Waals surface area contributed by atoms with Gasteiger partial charge < -0.3 is 0 Å². The molecule has 0 saturated carbocycles. The van der Waals surface area contributed by atoms with Crippen LogP contribution in [0.3, 0.4) is 0 Å². The monoisotopic (exact) mass is 734 g/mol. The Morgan fingerprint density at radius 2 is 1.04 bits per heavy atom. The zero-order valence-corrected chi connectivity index (χ0v) is 30.3. The van der Waals surface area contributed by atoms with Crippen LogP contribution in [0.5, 0.6) is 0 Å². The first-order valence-corrected chi connectivity index (χ1v) is 20.0. The number of fused-ring (bicyclic) bond motifs is 3. The molecule has 48 heavy (non-hydrogen) atoms. The normalized spacial score (nSPS) is 15.0. The number of benzene rings is 4. The Morgan fingerprint density at radius 1 is 0.583 bits per heavy atom. The minimum absolute atomic E-state index is 0.123. The molecule has 0 amide bonds. The third-order valence-corrected chi connectivity index (χ3v) is 17.7. The van der Waals surface area contributed by atoms with E-state index in [2.05, 4.69) is 84.0 Å². The molecule has 0 aromatic heterocycles. The first-order chi connectivity index (χ1) is 22.3. The van der Waals surface area contributed by atoms with Gasteiger partial charge in [-0.3, -0.25) is 0 Å². The van der Waals surface area contributed by atoms with E-state index in [0.29, 0.717) is 20.8 Å². The van der Waals surface area contributed by atoms with Gasteiger partial charge in [-0.1, -0.05) is 0 Å². The second-order valence-corrected chi connectivity index (χ2v) is 21.1. The van der Waals surface area contributed by atoms with Crippen molar-refractivity contribution in [3.63, 3.8) is 0 Å². The van der Waals surface area contributed by atoms with E-state index in [0.717, 1.165) is 49.8 Å². The molecule has 0 atom stereocenters. The van der Waals surface area contributed by atoms with Gasteiger partial charge in [-0.05, 0) is 0 Å². The number of alkyl halides is 6. The summed E-state index contributed by atoms with van der Waals surface area (Å²) in [5, 5.41) is 0. The standard InChI is InChI=1S/C21H25.C15H8F6.C5H5.Zr/c1-20(2,3)16-9-7-14-11-15-8-10-17(21(4,5)6)13-19(15)18(14)12-16;16-14(17,18)12-5-1-3-10(8-12)7-11-4-2-6-13(9-11)15(19,20)21;1-2-4-5-3-1;/h7-13H,1-6H3;1-6,8-9H;1-3H,4H2;. The molecule has 6 rings (SSSR count). The summed E-state index contributed by atoms with van der Waals surface area (Å²) in [7, 11) is 0. The molecule has 0 fully saturated rings. The van der Waals surface area contributed by atoms with Gasteiger partial charge in [-0.15, -0.1) is 0 Å². The van der Waals surface area contributed by atoms with Crippen LogP contribution in [-0.2, 0) is 44.4 Å². The van der Waals surface area contributed by atoms with E-state index in [4.69, 9.17) is 0 Å². The Hall–Kier alpha value is -3.31. The number of halogens is 6. The molecule has 4 aromatic rings. The Labute approximate surface area is 286 Å². The number of allylic oxidation sites excluding steroid dienone is 4. The van der Waals surface area contributed by atoms with Gasteiger partial charge in [-0.2, -0.15) is 0 Å². The molecule has 0 saturated heterocycles. The minimum atomic E-state index is -4.61. The van der Waals surface area contributed by atoms with Crippen LogP contribution >= 0.6 is 0 Å². The van der Waals surface area contributed by atoms with Crippen molar-refractivity contribution in [2.75, 3.05) is 0 Å². The fourth-order valence-electron chi connectivity index (χ4n) is 6.81. The number of rotatable bonds is 4. The van der Waals surface area contributed by atoms with Gasteiger partial charge in [0.05, 0.1) is 0 Å². The van der Waals surface area contributed by atoms with Crippen molar-refractivity contribution >= 4 is 3.21 Å². The van der Waals surface area contributed by atoms with Crippen LogP contribution < -0.4 is 0 Å². The average Bonchev–Trinajstić information content (AvgIpc) is 3.64. The average molecular weight is 736 g/mol. The van der Waals surface area contributed by atoms with Gasteiger partial charge in [0.2, 0.25) is 0 Å². The van der Waals surface area contributed by atoms with Crippen LogP contribution in [0.2, 0.25) is 0 Å². The molecule has 248 valence electrons. The van der Waals surface area contributed by atoms with Crippen LogP contribution in [0.25, 0.3) is 11.1 Å². The van der Waals surface area contributed by atoms with E-state index in [-0.39, 0.29) is 14.5 Å². The van der Waals surface area contributed by atoms with Gasteiger partial charge in [0.25, 0.3) is 0 Å². The Kier molecular flexibility index (Phi) is 8.80. The van der Waals surface area contributed by atoms with E-state index in [1.165, 1.54) is 23.3 Å². The van der Waals surface area contributed by atoms with E-state index in [1.54, 1.807) is 12.1 Å². The molecule has 0 heterocycles. The first kappa shape index (κ1) is 34.6. The van der Waals surface area contributed by atoms with E-state index in [9.17, 15) is 26.3 Å². The Morgan fingerprint density at radius 3 is 1.42 bits per heavy atom. The molecular formula is C41H38F6Zr. The van der Waals surface area contributed by atoms with Gasteiger partial charge in [0, 0.05) is 0 Å². The van der Waals surface area contributed by atoms with Crippen molar-refractivity contribution in [2.24, 2.45) is 0 Å². The predicted molar refractivity (Wildman–Crippen MR) is 179 cm³/mol. The van der Waals surface area contributed by atoms with Crippen molar-refractivity contribution in [1.29, 1.82) is 0 Å². The third-order valence-electron chi connectivity index (χ3n) is 9.38. The summed E-state index contributed by atoms with van der Waals surface area (Å²) in [5.41, 5.74) is 5.52. The maximum absolute atomic E-state index is 14.2. The fraction of sp³-hybridized carbons (Fsp3) is 0.293. The molecule has 0 bridgehead atoms. The van der Waals surface area contributed by atoms with Crippen LogP contribution in [0.4, 0.5) is 26.3 Å². The predicted octanol–water partition coefficient (Wildman–Crippen LogP) is 12.1. The molecular weight excluding hydrogens is 698 g/mol. The van der Waals surface area contributed by atoms with Crippen molar-refractivity contribution < 1.29 is 47.6 Å². The zero-order chi connectivity index (χ0) is 34.8. The quantitative estimate of drug-likeness (QED) is 0.183. The zero-order valence-electron chi connectivity index (χ0n) is 27.9. The number of hydrogen-bond donors (Lipinski definition) is 0. The van der Waals surface area contributed by atoms with E-state index < -0.39 is 44.7 Å². The third kappa shape index (κ3) is 6.64. The summed E-state index contributed by atoms with van der Waals surface area (Å²) < 4.78 is 86.5. The van der Waals surface area contributed by atoms with Crippen molar-refractivity contribution in [2.45, 2.75) is 74.8 Å². The molecule has 2 aliphatic carbocycles. The van der Waals surface area contributed by atoms with Crippen molar-refractivity contribution in [3.05, 3.63) is 151 Å².